The number of rotatable bonds is 4. The smallest absolute Gasteiger partial charge is 0.196 e. The molecule has 0 saturated carbocycles. The standard InChI is InChI=1S/C22H21NO2/c1-2-14-24-17-12-13-19-18-10-6-7-11-20(18)23-22(25-21(19)15-17)16-8-4-3-5-9-16/h3-13,15,22-23H,2,14H2,1H3. The third-order valence-electron chi connectivity index (χ3n) is 4.28. The van der Waals surface area contributed by atoms with Crippen molar-refractivity contribution in [3.05, 3.63) is 78.4 Å². The van der Waals surface area contributed by atoms with E-state index in [9.17, 15) is 0 Å². The molecule has 25 heavy (non-hydrogen) atoms. The zero-order valence-electron chi connectivity index (χ0n) is 14.2. The molecule has 0 amide bonds. The van der Waals surface area contributed by atoms with Crippen LogP contribution >= 0.6 is 0 Å². The number of para-hydroxylation sites is 1. The predicted octanol–water partition coefficient (Wildman–Crippen LogP) is 5.65. The van der Waals surface area contributed by atoms with Gasteiger partial charge in [-0.2, -0.15) is 0 Å². The van der Waals surface area contributed by atoms with Gasteiger partial charge in [0.05, 0.1) is 6.61 Å². The number of nitrogens with one attached hydrogen (secondary N) is 1. The van der Waals surface area contributed by atoms with Crippen molar-refractivity contribution < 1.29 is 9.47 Å². The maximum Gasteiger partial charge on any atom is 0.196 e. The second-order valence-electron chi connectivity index (χ2n) is 6.10. The average molecular weight is 331 g/mol. The highest BCUT2D eigenvalue weighted by molar-refractivity contribution is 5.83. The number of ether oxygens (including phenoxy) is 2. The van der Waals surface area contributed by atoms with Gasteiger partial charge in [-0.3, -0.25) is 0 Å². The van der Waals surface area contributed by atoms with Crippen molar-refractivity contribution in [2.75, 3.05) is 11.9 Å². The summed E-state index contributed by atoms with van der Waals surface area (Å²) in [6.45, 7) is 2.81. The van der Waals surface area contributed by atoms with Crippen LogP contribution in [-0.4, -0.2) is 6.61 Å². The van der Waals surface area contributed by atoms with Crippen LogP contribution in [0, 0.1) is 0 Å². The lowest BCUT2D eigenvalue weighted by atomic mass is 10.0. The molecule has 0 fully saturated rings. The Morgan fingerprint density at radius 1 is 0.920 bits per heavy atom. The van der Waals surface area contributed by atoms with E-state index < -0.39 is 0 Å². The van der Waals surface area contributed by atoms with E-state index in [0.717, 1.165) is 40.3 Å². The maximum atomic E-state index is 6.35. The minimum absolute atomic E-state index is 0.245. The van der Waals surface area contributed by atoms with Crippen LogP contribution < -0.4 is 14.8 Å². The van der Waals surface area contributed by atoms with E-state index in [1.807, 2.05) is 36.4 Å². The van der Waals surface area contributed by atoms with Gasteiger partial charge in [0, 0.05) is 28.4 Å². The summed E-state index contributed by atoms with van der Waals surface area (Å²) >= 11 is 0. The van der Waals surface area contributed by atoms with Crippen molar-refractivity contribution in [1.29, 1.82) is 0 Å². The van der Waals surface area contributed by atoms with Crippen LogP contribution in [0.25, 0.3) is 11.1 Å². The van der Waals surface area contributed by atoms with Gasteiger partial charge in [0.15, 0.2) is 6.23 Å². The Bertz CT molecular complexity index is 861. The fourth-order valence-electron chi connectivity index (χ4n) is 3.05. The molecule has 0 aromatic heterocycles. The van der Waals surface area contributed by atoms with Crippen LogP contribution in [0.15, 0.2) is 72.8 Å². The summed E-state index contributed by atoms with van der Waals surface area (Å²) in [5.74, 6) is 1.67. The average Bonchev–Trinajstić information content (AvgIpc) is 2.83. The molecule has 0 bridgehead atoms. The Labute approximate surface area is 148 Å². The molecule has 1 atom stereocenters. The first-order chi connectivity index (χ1) is 12.3. The van der Waals surface area contributed by atoms with E-state index in [-0.39, 0.29) is 6.23 Å². The van der Waals surface area contributed by atoms with E-state index in [0.29, 0.717) is 6.61 Å². The number of fused-ring (bicyclic) bond motifs is 3. The van der Waals surface area contributed by atoms with Crippen LogP contribution in [0.1, 0.15) is 25.1 Å². The van der Waals surface area contributed by atoms with Gasteiger partial charge >= 0.3 is 0 Å². The second-order valence-corrected chi connectivity index (χ2v) is 6.10. The number of anilines is 1. The first kappa shape index (κ1) is 15.6. The molecule has 3 aromatic carbocycles. The van der Waals surface area contributed by atoms with Gasteiger partial charge in [-0.05, 0) is 24.6 Å². The summed E-state index contributed by atoms with van der Waals surface area (Å²) in [7, 11) is 0. The van der Waals surface area contributed by atoms with Gasteiger partial charge in [0.2, 0.25) is 0 Å². The van der Waals surface area contributed by atoms with Crippen LogP contribution in [0.5, 0.6) is 11.5 Å². The molecular formula is C22H21NO2. The maximum absolute atomic E-state index is 6.35. The highest BCUT2D eigenvalue weighted by Crippen LogP contribution is 2.42. The lowest BCUT2D eigenvalue weighted by Gasteiger charge is -2.20. The molecule has 1 aliphatic rings. The predicted molar refractivity (Wildman–Crippen MR) is 101 cm³/mol. The topological polar surface area (TPSA) is 30.5 Å². The van der Waals surface area contributed by atoms with Gasteiger partial charge in [-0.1, -0.05) is 55.5 Å². The zero-order valence-corrected chi connectivity index (χ0v) is 14.2. The van der Waals surface area contributed by atoms with Crippen molar-refractivity contribution in [3.8, 4) is 22.6 Å². The highest BCUT2D eigenvalue weighted by Gasteiger charge is 2.22. The third-order valence-corrected chi connectivity index (χ3v) is 4.28. The van der Waals surface area contributed by atoms with E-state index in [4.69, 9.17) is 9.47 Å². The molecule has 0 saturated heterocycles. The highest BCUT2D eigenvalue weighted by atomic mass is 16.5. The Kier molecular flexibility index (Phi) is 4.30. The van der Waals surface area contributed by atoms with Gasteiger partial charge in [0.1, 0.15) is 11.5 Å². The largest absolute Gasteiger partial charge is 0.493 e. The quantitative estimate of drug-likeness (QED) is 0.670. The molecule has 3 heteroatoms. The summed E-state index contributed by atoms with van der Waals surface area (Å²) in [4.78, 5) is 0. The summed E-state index contributed by atoms with van der Waals surface area (Å²) in [5, 5.41) is 3.52. The third kappa shape index (κ3) is 3.18. The summed E-state index contributed by atoms with van der Waals surface area (Å²) in [5.41, 5.74) is 4.37. The van der Waals surface area contributed by atoms with Gasteiger partial charge in [0.25, 0.3) is 0 Å². The fraction of sp³-hybridized carbons (Fsp3) is 0.182. The molecule has 1 aliphatic heterocycles. The molecule has 3 aromatic rings. The molecule has 3 nitrogen and oxygen atoms in total. The zero-order chi connectivity index (χ0) is 17.1. The molecule has 0 spiro atoms. The Morgan fingerprint density at radius 3 is 2.56 bits per heavy atom. The first-order valence-electron chi connectivity index (χ1n) is 8.69. The molecular weight excluding hydrogens is 310 g/mol. The molecule has 1 heterocycles. The molecule has 4 rings (SSSR count). The number of benzene rings is 3. The summed E-state index contributed by atoms with van der Waals surface area (Å²) in [6, 6.07) is 24.6. The van der Waals surface area contributed by atoms with E-state index in [2.05, 4.69) is 48.6 Å². The van der Waals surface area contributed by atoms with Gasteiger partial charge in [-0.25, -0.2) is 0 Å². The van der Waals surface area contributed by atoms with Crippen molar-refractivity contribution in [2.24, 2.45) is 0 Å². The second kappa shape index (κ2) is 6.89. The normalized spacial score (nSPS) is 15.2. The van der Waals surface area contributed by atoms with Crippen molar-refractivity contribution in [2.45, 2.75) is 19.6 Å². The van der Waals surface area contributed by atoms with E-state index in [1.54, 1.807) is 0 Å². The molecule has 1 N–H and O–H groups in total. The van der Waals surface area contributed by atoms with E-state index in [1.165, 1.54) is 0 Å². The van der Waals surface area contributed by atoms with Gasteiger partial charge in [-0.15, -0.1) is 0 Å². The minimum Gasteiger partial charge on any atom is -0.493 e. The monoisotopic (exact) mass is 331 g/mol. The lowest BCUT2D eigenvalue weighted by molar-refractivity contribution is 0.236. The van der Waals surface area contributed by atoms with Crippen LogP contribution in [0.2, 0.25) is 0 Å². The summed E-state index contributed by atoms with van der Waals surface area (Å²) in [6.07, 6.45) is 0.736. The van der Waals surface area contributed by atoms with Crippen molar-refractivity contribution >= 4 is 5.69 Å². The first-order valence-corrected chi connectivity index (χ1v) is 8.69. The molecule has 1 unspecified atom stereocenters. The lowest BCUT2D eigenvalue weighted by Crippen LogP contribution is -2.16. The minimum atomic E-state index is -0.245. The fourth-order valence-corrected chi connectivity index (χ4v) is 3.05. The molecule has 126 valence electrons. The van der Waals surface area contributed by atoms with E-state index >= 15 is 0 Å². The van der Waals surface area contributed by atoms with Crippen LogP contribution in [0.4, 0.5) is 5.69 Å². The SMILES string of the molecule is CCCOc1ccc2c(c1)OC(c1ccccc1)Nc1ccccc1-2. The Balaban J connectivity index is 1.79. The van der Waals surface area contributed by atoms with Crippen LogP contribution in [-0.2, 0) is 0 Å². The Hall–Kier alpha value is -2.94. The van der Waals surface area contributed by atoms with Gasteiger partial charge < -0.3 is 14.8 Å². The van der Waals surface area contributed by atoms with Crippen molar-refractivity contribution in [3.63, 3.8) is 0 Å². The summed E-state index contributed by atoms with van der Waals surface area (Å²) < 4.78 is 12.1. The number of hydrogen-bond acceptors (Lipinski definition) is 3. The molecule has 0 radical (unpaired) electrons. The van der Waals surface area contributed by atoms with Crippen LogP contribution in [0.3, 0.4) is 0 Å². The van der Waals surface area contributed by atoms with Crippen molar-refractivity contribution in [1.82, 2.24) is 0 Å². The molecule has 0 aliphatic carbocycles. The Morgan fingerprint density at radius 2 is 1.72 bits per heavy atom. The number of hydrogen-bond donors (Lipinski definition) is 1.